The van der Waals surface area contributed by atoms with E-state index in [2.05, 4.69) is 12.2 Å². The van der Waals surface area contributed by atoms with Gasteiger partial charge in [-0.1, -0.05) is 13.3 Å². The van der Waals surface area contributed by atoms with Gasteiger partial charge in [0.1, 0.15) is 11.4 Å². The zero-order valence-corrected chi connectivity index (χ0v) is 16.0. The Kier molecular flexibility index (Phi) is 4.87. The normalized spacial score (nSPS) is 22.5. The number of carbonyl (C=O) groups is 1. The predicted octanol–water partition coefficient (Wildman–Crippen LogP) is 3.39. The molecule has 28 heavy (non-hydrogen) atoms. The van der Waals surface area contributed by atoms with Crippen LogP contribution >= 0.6 is 0 Å². The van der Waals surface area contributed by atoms with Gasteiger partial charge in [-0.2, -0.15) is 0 Å². The number of halogens is 1. The van der Waals surface area contributed by atoms with Crippen LogP contribution in [0.25, 0.3) is 10.9 Å². The largest absolute Gasteiger partial charge is 0.477 e. The molecule has 0 amide bonds. The Balaban J connectivity index is 1.90. The molecule has 2 atom stereocenters. The highest BCUT2D eigenvalue weighted by molar-refractivity contribution is 5.97. The molecular weight excluding hydrogens is 361 g/mol. The summed E-state index contributed by atoms with van der Waals surface area (Å²) in [4.78, 5) is 24.2. The molecule has 0 radical (unpaired) electrons. The predicted molar refractivity (Wildman–Crippen MR) is 106 cm³/mol. The number of nitrogens with one attached hydrogen (secondary N) is 1. The van der Waals surface area contributed by atoms with Crippen LogP contribution in [0.5, 0.6) is 0 Å². The van der Waals surface area contributed by atoms with E-state index < -0.39 is 17.2 Å². The summed E-state index contributed by atoms with van der Waals surface area (Å²) in [6.45, 7) is 2.93. The minimum absolute atomic E-state index is 0.0101. The van der Waals surface area contributed by atoms with Crippen LogP contribution in [-0.2, 0) is 0 Å². The van der Waals surface area contributed by atoms with Crippen LogP contribution in [0, 0.1) is 5.82 Å². The van der Waals surface area contributed by atoms with Crippen LogP contribution in [0.4, 0.5) is 10.1 Å². The third-order valence-electron chi connectivity index (χ3n) is 6.09. The van der Waals surface area contributed by atoms with Crippen molar-refractivity contribution in [3.63, 3.8) is 0 Å². The Labute approximate surface area is 162 Å². The molecule has 0 aliphatic heterocycles. The van der Waals surface area contributed by atoms with Crippen LogP contribution in [0.3, 0.4) is 0 Å². The summed E-state index contributed by atoms with van der Waals surface area (Å²) in [5.74, 6) is -1.82. The van der Waals surface area contributed by atoms with E-state index in [9.17, 15) is 14.7 Å². The van der Waals surface area contributed by atoms with Crippen LogP contribution in [0.1, 0.15) is 73.3 Å². The third kappa shape index (κ3) is 3.17. The van der Waals surface area contributed by atoms with Gasteiger partial charge in [0.25, 0.3) is 0 Å². The number of hydrogen-bond donors (Lipinski definition) is 3. The molecule has 1 aromatic carbocycles. The first-order valence-corrected chi connectivity index (χ1v) is 10.1. The summed E-state index contributed by atoms with van der Waals surface area (Å²) >= 11 is 0. The lowest BCUT2D eigenvalue weighted by Crippen LogP contribution is -2.33. The van der Waals surface area contributed by atoms with E-state index in [1.807, 2.05) is 0 Å². The Morgan fingerprint density at radius 2 is 2.11 bits per heavy atom. The minimum atomic E-state index is -1.30. The van der Waals surface area contributed by atoms with Gasteiger partial charge < -0.3 is 20.7 Å². The van der Waals surface area contributed by atoms with Crippen molar-refractivity contribution in [2.45, 2.75) is 63.5 Å². The van der Waals surface area contributed by atoms with Gasteiger partial charge >= 0.3 is 5.97 Å². The Morgan fingerprint density at radius 1 is 1.36 bits per heavy atom. The first-order chi connectivity index (χ1) is 13.4. The summed E-state index contributed by atoms with van der Waals surface area (Å²) in [6, 6.07) is 1.65. The Morgan fingerprint density at radius 3 is 2.75 bits per heavy atom. The van der Waals surface area contributed by atoms with E-state index in [-0.39, 0.29) is 28.6 Å². The number of carboxylic acid groups (broad SMARTS) is 1. The highest BCUT2D eigenvalue weighted by atomic mass is 19.1. The molecule has 150 valence electrons. The second-order valence-corrected chi connectivity index (χ2v) is 8.02. The van der Waals surface area contributed by atoms with E-state index in [0.717, 1.165) is 45.1 Å². The number of nitrogen functional groups attached to an aromatic ring is 1. The second kappa shape index (κ2) is 7.20. The molecule has 0 saturated heterocycles. The van der Waals surface area contributed by atoms with Gasteiger partial charge in [0, 0.05) is 23.8 Å². The average molecular weight is 387 g/mol. The van der Waals surface area contributed by atoms with Crippen molar-refractivity contribution in [3.05, 3.63) is 39.4 Å². The quantitative estimate of drug-likeness (QED) is 0.683. The molecular formula is C21H26FN3O3. The molecule has 0 bridgehead atoms. The zero-order valence-electron chi connectivity index (χ0n) is 16.0. The first kappa shape index (κ1) is 18.9. The fourth-order valence-electron chi connectivity index (χ4n) is 4.67. The van der Waals surface area contributed by atoms with Gasteiger partial charge in [-0.15, -0.1) is 0 Å². The van der Waals surface area contributed by atoms with Crippen LogP contribution in [0.15, 0.2) is 17.1 Å². The van der Waals surface area contributed by atoms with Gasteiger partial charge in [-0.05, 0) is 50.6 Å². The highest BCUT2D eigenvalue weighted by Crippen LogP contribution is 2.43. The van der Waals surface area contributed by atoms with E-state index in [1.165, 1.54) is 12.3 Å². The van der Waals surface area contributed by atoms with Crippen molar-refractivity contribution in [2.75, 3.05) is 12.3 Å². The number of nitrogens with zero attached hydrogens (tertiary/aromatic N) is 1. The SMILES string of the molecule is CCNC1CCCC(c2c(F)cc3c(=O)c(C(=O)O)cn(C4CC4)c3c2N)C1. The number of aromatic nitrogens is 1. The highest BCUT2D eigenvalue weighted by Gasteiger charge is 2.32. The maximum absolute atomic E-state index is 15.1. The van der Waals surface area contributed by atoms with Gasteiger partial charge in [-0.25, -0.2) is 9.18 Å². The lowest BCUT2D eigenvalue weighted by atomic mass is 9.80. The van der Waals surface area contributed by atoms with Crippen LogP contribution < -0.4 is 16.5 Å². The average Bonchev–Trinajstić information content (AvgIpc) is 3.48. The maximum atomic E-state index is 15.1. The van der Waals surface area contributed by atoms with Crippen molar-refractivity contribution < 1.29 is 14.3 Å². The molecule has 2 aliphatic rings. The first-order valence-electron chi connectivity index (χ1n) is 10.1. The monoisotopic (exact) mass is 387 g/mol. The standard InChI is InChI=1S/C21H26FN3O3/c1-2-24-12-5-3-4-11(8-12)17-16(22)9-14-19(18(17)23)25(13-6-7-13)10-15(20(14)26)21(27)28/h9-13,24H,2-8,23H2,1H3,(H,27,28). The second-order valence-electron chi connectivity index (χ2n) is 8.02. The van der Waals surface area contributed by atoms with E-state index in [1.54, 1.807) is 4.57 Å². The minimum Gasteiger partial charge on any atom is -0.477 e. The maximum Gasteiger partial charge on any atom is 0.341 e. The fourth-order valence-corrected chi connectivity index (χ4v) is 4.67. The topological polar surface area (TPSA) is 97.4 Å². The third-order valence-corrected chi connectivity index (χ3v) is 6.09. The molecule has 2 aliphatic carbocycles. The molecule has 6 nitrogen and oxygen atoms in total. The summed E-state index contributed by atoms with van der Waals surface area (Å²) < 4.78 is 16.9. The van der Waals surface area contributed by atoms with E-state index >= 15 is 4.39 Å². The number of rotatable bonds is 5. The molecule has 2 unspecified atom stereocenters. The summed E-state index contributed by atoms with van der Waals surface area (Å²) in [5.41, 5.74) is 6.71. The van der Waals surface area contributed by atoms with Crippen molar-refractivity contribution in [2.24, 2.45) is 0 Å². The van der Waals surface area contributed by atoms with Crippen molar-refractivity contribution >= 4 is 22.6 Å². The number of pyridine rings is 1. The Bertz CT molecular complexity index is 995. The Hall–Kier alpha value is -2.41. The van der Waals surface area contributed by atoms with Gasteiger partial charge in [0.05, 0.1) is 16.6 Å². The smallest absolute Gasteiger partial charge is 0.341 e. The molecule has 4 rings (SSSR count). The molecule has 1 heterocycles. The van der Waals surface area contributed by atoms with Crippen molar-refractivity contribution in [1.29, 1.82) is 0 Å². The molecule has 2 fully saturated rings. The lowest BCUT2D eigenvalue weighted by Gasteiger charge is -2.31. The summed E-state index contributed by atoms with van der Waals surface area (Å²) in [7, 11) is 0. The van der Waals surface area contributed by atoms with Crippen LogP contribution in [-0.4, -0.2) is 28.2 Å². The number of fused-ring (bicyclic) bond motifs is 1. The van der Waals surface area contributed by atoms with Crippen molar-refractivity contribution in [3.8, 4) is 0 Å². The van der Waals surface area contributed by atoms with Gasteiger partial charge in [0.2, 0.25) is 5.43 Å². The number of hydrogen-bond acceptors (Lipinski definition) is 4. The number of anilines is 1. The molecule has 2 aromatic rings. The van der Waals surface area contributed by atoms with Crippen LogP contribution in [0.2, 0.25) is 0 Å². The van der Waals surface area contributed by atoms with E-state index in [4.69, 9.17) is 5.73 Å². The van der Waals surface area contributed by atoms with Crippen molar-refractivity contribution in [1.82, 2.24) is 9.88 Å². The summed E-state index contributed by atoms with van der Waals surface area (Å²) in [5, 5.41) is 12.9. The number of aromatic carboxylic acids is 1. The molecule has 1 aromatic heterocycles. The molecule has 7 heteroatoms. The fraction of sp³-hybridized carbons (Fsp3) is 0.524. The van der Waals surface area contributed by atoms with E-state index in [0.29, 0.717) is 17.1 Å². The molecule has 4 N–H and O–H groups in total. The van der Waals surface area contributed by atoms with Gasteiger partial charge in [0.15, 0.2) is 0 Å². The zero-order chi connectivity index (χ0) is 20.0. The summed E-state index contributed by atoms with van der Waals surface area (Å²) in [6.07, 6.45) is 6.90. The number of nitrogens with two attached hydrogens (primary N) is 1. The van der Waals surface area contributed by atoms with Gasteiger partial charge in [-0.3, -0.25) is 4.79 Å². The lowest BCUT2D eigenvalue weighted by molar-refractivity contribution is 0.0695. The molecule has 2 saturated carbocycles. The molecule has 0 spiro atoms. The number of benzene rings is 1. The number of carboxylic acids is 1.